The number of carbonyl (C=O) groups is 2. The van der Waals surface area contributed by atoms with Crippen LogP contribution < -0.4 is 9.47 Å². The third-order valence-corrected chi connectivity index (χ3v) is 6.46. The van der Waals surface area contributed by atoms with Crippen LogP contribution in [0.25, 0.3) is 11.6 Å². The molecule has 2 aliphatic heterocycles. The van der Waals surface area contributed by atoms with Gasteiger partial charge in [-0.2, -0.15) is 0 Å². The Hall–Kier alpha value is -2.90. The number of hydrogen-bond donors (Lipinski definition) is 0. The molecule has 2 amide bonds. The Morgan fingerprint density at radius 1 is 1.00 bits per heavy atom. The van der Waals surface area contributed by atoms with Gasteiger partial charge in [0.05, 0.1) is 6.54 Å². The lowest BCUT2D eigenvalue weighted by Crippen LogP contribution is -2.41. The van der Waals surface area contributed by atoms with Gasteiger partial charge in [-0.25, -0.2) is 0 Å². The van der Waals surface area contributed by atoms with Crippen molar-refractivity contribution in [2.75, 3.05) is 6.79 Å². The van der Waals surface area contributed by atoms with E-state index in [4.69, 9.17) is 9.47 Å². The molecule has 0 aliphatic carbocycles. The smallest absolute Gasteiger partial charge is 0.261 e. The summed E-state index contributed by atoms with van der Waals surface area (Å²) >= 11 is 4.97. The predicted octanol–water partition coefficient (Wildman–Crippen LogP) is 4.96. The van der Waals surface area contributed by atoms with Crippen LogP contribution in [-0.2, 0) is 11.3 Å². The molecule has 0 fully saturated rings. The van der Waals surface area contributed by atoms with E-state index in [1.165, 1.54) is 16.2 Å². The molecule has 0 unspecified atom stereocenters. The second kappa shape index (κ2) is 7.17. The van der Waals surface area contributed by atoms with Crippen molar-refractivity contribution >= 4 is 50.7 Å². The summed E-state index contributed by atoms with van der Waals surface area (Å²) in [5.41, 5.74) is 2.49. The number of hydrogen-bond acceptors (Lipinski definition) is 5. The average Bonchev–Trinajstić information content (AvgIpc) is 3.36. The van der Waals surface area contributed by atoms with Crippen LogP contribution in [0.1, 0.15) is 26.4 Å². The molecule has 0 saturated heterocycles. The fourth-order valence-corrected chi connectivity index (χ4v) is 4.83. The standard InChI is InChI=1S/C22H14BrNO4S/c23-14-8-15(29-11-14)9-18-16-3-1-2-4-17(16)21(25)24(22(18)26)10-13-5-6-19-20(7-13)28-12-27-19/h1-9,11H,10,12H2. The Kier molecular flexibility index (Phi) is 4.49. The number of benzene rings is 2. The highest BCUT2D eigenvalue weighted by Crippen LogP contribution is 2.35. The Morgan fingerprint density at radius 3 is 2.59 bits per heavy atom. The van der Waals surface area contributed by atoms with Gasteiger partial charge in [0.2, 0.25) is 6.79 Å². The monoisotopic (exact) mass is 467 g/mol. The molecule has 0 radical (unpaired) electrons. The number of fused-ring (bicyclic) bond motifs is 2. The van der Waals surface area contributed by atoms with Gasteiger partial charge in [0.1, 0.15) is 0 Å². The molecular formula is C22H14BrNO4S. The van der Waals surface area contributed by atoms with Gasteiger partial charge in [0.15, 0.2) is 11.5 Å². The summed E-state index contributed by atoms with van der Waals surface area (Å²) in [5, 5.41) is 1.96. The zero-order valence-electron chi connectivity index (χ0n) is 15.1. The van der Waals surface area contributed by atoms with Gasteiger partial charge in [-0.3, -0.25) is 14.5 Å². The van der Waals surface area contributed by atoms with Crippen molar-refractivity contribution in [1.29, 1.82) is 0 Å². The topological polar surface area (TPSA) is 55.8 Å². The molecule has 2 aliphatic rings. The molecule has 0 spiro atoms. The van der Waals surface area contributed by atoms with E-state index in [2.05, 4.69) is 15.9 Å². The van der Waals surface area contributed by atoms with Crippen molar-refractivity contribution in [1.82, 2.24) is 4.90 Å². The fraction of sp³-hybridized carbons (Fsp3) is 0.0909. The summed E-state index contributed by atoms with van der Waals surface area (Å²) in [6.07, 6.45) is 1.84. The van der Waals surface area contributed by atoms with E-state index in [0.29, 0.717) is 28.2 Å². The molecule has 5 nitrogen and oxygen atoms in total. The molecule has 0 atom stereocenters. The maximum absolute atomic E-state index is 13.3. The van der Waals surface area contributed by atoms with Crippen molar-refractivity contribution < 1.29 is 19.1 Å². The number of carbonyl (C=O) groups excluding carboxylic acids is 2. The van der Waals surface area contributed by atoms with Gasteiger partial charge in [-0.1, -0.05) is 24.3 Å². The first-order valence-electron chi connectivity index (χ1n) is 8.90. The molecule has 1 aromatic heterocycles. The zero-order valence-corrected chi connectivity index (χ0v) is 17.5. The number of thiophene rings is 1. The Bertz CT molecular complexity index is 1180. The molecular weight excluding hydrogens is 454 g/mol. The van der Waals surface area contributed by atoms with Crippen molar-refractivity contribution in [3.8, 4) is 11.5 Å². The van der Waals surface area contributed by atoms with E-state index in [9.17, 15) is 9.59 Å². The molecule has 7 heteroatoms. The summed E-state index contributed by atoms with van der Waals surface area (Å²) in [6, 6.07) is 14.6. The molecule has 0 bridgehead atoms. The average molecular weight is 468 g/mol. The van der Waals surface area contributed by atoms with Crippen molar-refractivity contribution in [2.24, 2.45) is 0 Å². The van der Waals surface area contributed by atoms with E-state index in [0.717, 1.165) is 14.9 Å². The van der Waals surface area contributed by atoms with Gasteiger partial charge < -0.3 is 9.47 Å². The lowest BCUT2D eigenvalue weighted by Gasteiger charge is -2.28. The Balaban J connectivity index is 1.55. The number of amides is 2. The molecule has 5 rings (SSSR count). The third kappa shape index (κ3) is 3.26. The first-order valence-corrected chi connectivity index (χ1v) is 10.6. The predicted molar refractivity (Wildman–Crippen MR) is 114 cm³/mol. The maximum atomic E-state index is 13.3. The van der Waals surface area contributed by atoms with Crippen LogP contribution in [0.15, 0.2) is 58.4 Å². The number of halogens is 1. The summed E-state index contributed by atoms with van der Waals surface area (Å²) in [5.74, 6) is 0.682. The van der Waals surface area contributed by atoms with Crippen LogP contribution >= 0.6 is 27.3 Å². The highest BCUT2D eigenvalue weighted by molar-refractivity contribution is 9.10. The van der Waals surface area contributed by atoms with E-state index in [-0.39, 0.29) is 25.2 Å². The van der Waals surface area contributed by atoms with Crippen molar-refractivity contribution in [2.45, 2.75) is 6.54 Å². The highest BCUT2D eigenvalue weighted by atomic mass is 79.9. The normalized spacial score (nSPS) is 16.4. The van der Waals surface area contributed by atoms with Gasteiger partial charge in [-0.05, 0) is 57.4 Å². The molecule has 0 N–H and O–H groups in total. The molecule has 2 aromatic carbocycles. The SMILES string of the molecule is O=C1C(=Cc2cc(Br)cs2)c2ccccc2C(=O)N1Cc1ccc2c(c1)OCO2. The quantitative estimate of drug-likeness (QED) is 0.403. The second-order valence-electron chi connectivity index (χ2n) is 6.65. The number of rotatable bonds is 3. The second-order valence-corrected chi connectivity index (χ2v) is 8.51. The first kappa shape index (κ1) is 18.1. The van der Waals surface area contributed by atoms with Crippen molar-refractivity contribution in [3.05, 3.63) is 80.0 Å². The summed E-state index contributed by atoms with van der Waals surface area (Å²) in [6.45, 7) is 0.338. The van der Waals surface area contributed by atoms with Crippen LogP contribution in [0.3, 0.4) is 0 Å². The maximum Gasteiger partial charge on any atom is 0.261 e. The van der Waals surface area contributed by atoms with E-state index in [1.807, 2.05) is 47.9 Å². The van der Waals surface area contributed by atoms with Gasteiger partial charge >= 0.3 is 0 Å². The number of imide groups is 1. The van der Waals surface area contributed by atoms with Crippen molar-refractivity contribution in [3.63, 3.8) is 0 Å². The first-order chi connectivity index (χ1) is 14.1. The molecule has 0 saturated carbocycles. The minimum absolute atomic E-state index is 0.161. The minimum Gasteiger partial charge on any atom is -0.454 e. The largest absolute Gasteiger partial charge is 0.454 e. The van der Waals surface area contributed by atoms with Gasteiger partial charge in [-0.15, -0.1) is 11.3 Å². The Morgan fingerprint density at radius 2 is 1.79 bits per heavy atom. The molecule has 3 aromatic rings. The van der Waals surface area contributed by atoms with Gasteiger partial charge in [0.25, 0.3) is 11.8 Å². The van der Waals surface area contributed by atoms with Crippen LogP contribution in [0.5, 0.6) is 11.5 Å². The number of nitrogens with zero attached hydrogens (tertiary/aromatic N) is 1. The summed E-state index contributed by atoms with van der Waals surface area (Å²) < 4.78 is 11.7. The van der Waals surface area contributed by atoms with Crippen LogP contribution in [0.4, 0.5) is 0 Å². The van der Waals surface area contributed by atoms with E-state index < -0.39 is 0 Å². The summed E-state index contributed by atoms with van der Waals surface area (Å²) in [4.78, 5) is 28.6. The minimum atomic E-state index is -0.309. The number of ether oxygens (including phenoxy) is 2. The third-order valence-electron chi connectivity index (χ3n) is 4.82. The molecule has 3 heterocycles. The van der Waals surface area contributed by atoms with E-state index in [1.54, 1.807) is 12.1 Å². The van der Waals surface area contributed by atoms with E-state index >= 15 is 0 Å². The summed E-state index contributed by atoms with van der Waals surface area (Å²) in [7, 11) is 0. The van der Waals surface area contributed by atoms with Gasteiger partial charge in [0, 0.05) is 25.9 Å². The molecule has 29 heavy (non-hydrogen) atoms. The lowest BCUT2D eigenvalue weighted by molar-refractivity contribution is -0.123. The van der Waals surface area contributed by atoms with Crippen LogP contribution in [0, 0.1) is 0 Å². The molecule has 144 valence electrons. The van der Waals surface area contributed by atoms with Crippen LogP contribution in [0.2, 0.25) is 0 Å². The van der Waals surface area contributed by atoms with Crippen LogP contribution in [-0.4, -0.2) is 23.5 Å². The Labute approximate surface area is 179 Å². The zero-order chi connectivity index (χ0) is 20.0. The lowest BCUT2D eigenvalue weighted by atomic mass is 9.92. The fourth-order valence-electron chi connectivity index (χ4n) is 3.45. The highest BCUT2D eigenvalue weighted by Gasteiger charge is 2.35.